The summed E-state index contributed by atoms with van der Waals surface area (Å²) in [7, 11) is -3.52. The van der Waals surface area contributed by atoms with E-state index in [2.05, 4.69) is 41.3 Å². The van der Waals surface area contributed by atoms with Gasteiger partial charge in [0.25, 0.3) is 0 Å². The molecule has 1 aliphatic rings. The van der Waals surface area contributed by atoms with Gasteiger partial charge < -0.3 is 10.2 Å². The second-order valence-corrected chi connectivity index (χ2v) is 10.7. The fraction of sp³-hybridized carbons (Fsp3) is 0.348. The zero-order chi connectivity index (χ0) is 22.8. The molecule has 9 heteroatoms. The van der Waals surface area contributed by atoms with E-state index >= 15 is 0 Å². The number of piperazine rings is 1. The monoisotopic (exact) mass is 452 g/mol. The standard InChI is InChI=1S/C23H28N6O2S/c1-23(2,3)18-7-9-19(10-8-18)32(30,31)29-16-14-28(15-17-29)22-12-11-21(26-27-22)25-20-6-4-5-13-24-20/h4-13H,14-17H2,1-3H3,(H,24,25,26). The van der Waals surface area contributed by atoms with Crippen molar-refractivity contribution in [3.63, 3.8) is 0 Å². The minimum Gasteiger partial charge on any atom is -0.352 e. The number of sulfonamides is 1. The zero-order valence-corrected chi connectivity index (χ0v) is 19.4. The van der Waals surface area contributed by atoms with E-state index in [0.29, 0.717) is 42.7 Å². The average molecular weight is 453 g/mol. The van der Waals surface area contributed by atoms with Crippen molar-refractivity contribution in [2.75, 3.05) is 36.4 Å². The van der Waals surface area contributed by atoms with Gasteiger partial charge >= 0.3 is 0 Å². The van der Waals surface area contributed by atoms with Gasteiger partial charge in [-0.05, 0) is 47.4 Å². The Balaban J connectivity index is 1.38. The molecule has 168 valence electrons. The first kappa shape index (κ1) is 22.2. The highest BCUT2D eigenvalue weighted by Gasteiger charge is 2.29. The first-order valence-corrected chi connectivity index (χ1v) is 12.0. The highest BCUT2D eigenvalue weighted by molar-refractivity contribution is 7.89. The highest BCUT2D eigenvalue weighted by Crippen LogP contribution is 2.25. The summed E-state index contributed by atoms with van der Waals surface area (Å²) in [5.41, 5.74) is 1.10. The molecule has 0 radical (unpaired) electrons. The van der Waals surface area contributed by atoms with Crippen molar-refractivity contribution in [3.8, 4) is 0 Å². The Hall–Kier alpha value is -3.04. The predicted molar refractivity (Wildman–Crippen MR) is 126 cm³/mol. The van der Waals surface area contributed by atoms with Gasteiger partial charge in [0.1, 0.15) is 5.82 Å². The number of benzene rings is 1. The number of pyridine rings is 1. The molecule has 1 aliphatic heterocycles. The van der Waals surface area contributed by atoms with Crippen LogP contribution in [0.4, 0.5) is 17.5 Å². The van der Waals surface area contributed by atoms with E-state index in [1.54, 1.807) is 22.6 Å². The summed E-state index contributed by atoms with van der Waals surface area (Å²) in [5.74, 6) is 2.03. The van der Waals surface area contributed by atoms with Crippen LogP contribution in [-0.2, 0) is 15.4 Å². The van der Waals surface area contributed by atoms with Crippen LogP contribution < -0.4 is 10.2 Å². The molecule has 8 nitrogen and oxygen atoms in total. The van der Waals surface area contributed by atoms with Crippen LogP contribution in [0.5, 0.6) is 0 Å². The lowest BCUT2D eigenvalue weighted by Gasteiger charge is -2.34. The molecule has 0 amide bonds. The molecular formula is C23H28N6O2S. The molecule has 0 spiro atoms. The predicted octanol–water partition coefficient (Wildman–Crippen LogP) is 3.42. The fourth-order valence-corrected chi connectivity index (χ4v) is 4.98. The van der Waals surface area contributed by atoms with E-state index in [-0.39, 0.29) is 5.41 Å². The van der Waals surface area contributed by atoms with Crippen molar-refractivity contribution in [1.82, 2.24) is 19.5 Å². The van der Waals surface area contributed by atoms with Gasteiger partial charge in [0.15, 0.2) is 11.6 Å². The normalized spacial score (nSPS) is 15.5. The molecule has 1 aromatic carbocycles. The molecule has 0 bridgehead atoms. The zero-order valence-electron chi connectivity index (χ0n) is 18.6. The van der Waals surface area contributed by atoms with Crippen molar-refractivity contribution in [2.24, 2.45) is 0 Å². The maximum absolute atomic E-state index is 13.1. The Kier molecular flexibility index (Phi) is 6.12. The molecule has 0 atom stereocenters. The Bertz CT molecular complexity index is 1140. The van der Waals surface area contributed by atoms with Crippen molar-refractivity contribution in [2.45, 2.75) is 31.1 Å². The number of hydrogen-bond donors (Lipinski definition) is 1. The van der Waals surface area contributed by atoms with Crippen LogP contribution in [0.2, 0.25) is 0 Å². The van der Waals surface area contributed by atoms with Crippen molar-refractivity contribution >= 4 is 27.5 Å². The van der Waals surface area contributed by atoms with Gasteiger partial charge in [-0.2, -0.15) is 4.31 Å². The van der Waals surface area contributed by atoms with Crippen LogP contribution in [-0.4, -0.2) is 54.1 Å². The third-order valence-corrected chi connectivity index (χ3v) is 7.41. The SMILES string of the molecule is CC(C)(C)c1ccc(S(=O)(=O)N2CCN(c3ccc(Nc4ccccn4)nn3)CC2)cc1. The topological polar surface area (TPSA) is 91.3 Å². The van der Waals surface area contributed by atoms with Crippen LogP contribution in [0.1, 0.15) is 26.3 Å². The number of aromatic nitrogens is 3. The largest absolute Gasteiger partial charge is 0.352 e. The molecule has 1 fully saturated rings. The van der Waals surface area contributed by atoms with E-state index in [1.165, 1.54) is 0 Å². The first-order chi connectivity index (χ1) is 15.2. The molecule has 2 aromatic heterocycles. The lowest BCUT2D eigenvalue weighted by Crippen LogP contribution is -2.49. The van der Waals surface area contributed by atoms with Gasteiger partial charge in [-0.1, -0.05) is 39.0 Å². The summed E-state index contributed by atoms with van der Waals surface area (Å²) < 4.78 is 27.7. The Morgan fingerprint density at radius 2 is 1.56 bits per heavy atom. The third kappa shape index (κ3) is 4.89. The van der Waals surface area contributed by atoms with Gasteiger partial charge in [0.05, 0.1) is 4.90 Å². The molecule has 4 rings (SSSR count). The van der Waals surface area contributed by atoms with Gasteiger partial charge in [-0.15, -0.1) is 10.2 Å². The molecule has 1 N–H and O–H groups in total. The van der Waals surface area contributed by atoms with Crippen LogP contribution in [0.3, 0.4) is 0 Å². The number of nitrogens with zero attached hydrogens (tertiary/aromatic N) is 5. The van der Waals surface area contributed by atoms with E-state index in [4.69, 9.17) is 0 Å². The van der Waals surface area contributed by atoms with Gasteiger partial charge in [0.2, 0.25) is 10.0 Å². The molecular weight excluding hydrogens is 424 g/mol. The molecule has 0 aliphatic carbocycles. The summed E-state index contributed by atoms with van der Waals surface area (Å²) in [6, 6.07) is 16.5. The Labute approximate surface area is 189 Å². The number of hydrogen-bond acceptors (Lipinski definition) is 7. The molecule has 0 saturated carbocycles. The molecule has 1 saturated heterocycles. The number of nitrogens with one attached hydrogen (secondary N) is 1. The van der Waals surface area contributed by atoms with Crippen LogP contribution in [0.15, 0.2) is 65.7 Å². The first-order valence-electron chi connectivity index (χ1n) is 10.6. The van der Waals surface area contributed by atoms with Crippen LogP contribution in [0, 0.1) is 0 Å². The van der Waals surface area contributed by atoms with E-state index < -0.39 is 10.0 Å². The minimum absolute atomic E-state index is 0.0162. The lowest BCUT2D eigenvalue weighted by molar-refractivity contribution is 0.383. The fourth-order valence-electron chi connectivity index (χ4n) is 3.56. The van der Waals surface area contributed by atoms with Gasteiger partial charge in [-0.25, -0.2) is 13.4 Å². The van der Waals surface area contributed by atoms with Crippen molar-refractivity contribution in [3.05, 3.63) is 66.4 Å². The van der Waals surface area contributed by atoms with E-state index in [1.807, 2.05) is 47.4 Å². The highest BCUT2D eigenvalue weighted by atomic mass is 32.2. The summed E-state index contributed by atoms with van der Waals surface area (Å²) in [6.45, 7) is 8.25. The molecule has 3 heterocycles. The summed E-state index contributed by atoms with van der Waals surface area (Å²) in [4.78, 5) is 6.59. The van der Waals surface area contributed by atoms with Gasteiger partial charge in [-0.3, -0.25) is 0 Å². The summed E-state index contributed by atoms with van der Waals surface area (Å²) >= 11 is 0. The molecule has 0 unspecified atom stereocenters. The summed E-state index contributed by atoms with van der Waals surface area (Å²) in [5, 5.41) is 11.6. The maximum Gasteiger partial charge on any atom is 0.243 e. The van der Waals surface area contributed by atoms with Crippen LogP contribution >= 0.6 is 0 Å². The number of anilines is 3. The third-order valence-electron chi connectivity index (χ3n) is 5.49. The Morgan fingerprint density at radius 3 is 2.12 bits per heavy atom. The second kappa shape index (κ2) is 8.84. The average Bonchev–Trinajstić information content (AvgIpc) is 2.80. The van der Waals surface area contributed by atoms with Crippen LogP contribution in [0.25, 0.3) is 0 Å². The smallest absolute Gasteiger partial charge is 0.243 e. The lowest BCUT2D eigenvalue weighted by atomic mass is 9.87. The quantitative estimate of drug-likeness (QED) is 0.634. The van der Waals surface area contributed by atoms with Gasteiger partial charge in [0, 0.05) is 32.4 Å². The Morgan fingerprint density at radius 1 is 0.844 bits per heavy atom. The second-order valence-electron chi connectivity index (χ2n) is 8.78. The van der Waals surface area contributed by atoms with E-state index in [9.17, 15) is 8.42 Å². The van der Waals surface area contributed by atoms with Crippen molar-refractivity contribution < 1.29 is 8.42 Å². The molecule has 32 heavy (non-hydrogen) atoms. The maximum atomic E-state index is 13.1. The minimum atomic E-state index is -3.52. The molecule has 3 aromatic rings. The summed E-state index contributed by atoms with van der Waals surface area (Å²) in [6.07, 6.45) is 1.70. The number of rotatable bonds is 5. The van der Waals surface area contributed by atoms with Crippen molar-refractivity contribution in [1.29, 1.82) is 0 Å². The van der Waals surface area contributed by atoms with E-state index in [0.717, 1.165) is 11.4 Å².